The number of carbonyl (C=O) groups excluding carboxylic acids is 2. The molecule has 0 bridgehead atoms. The maximum Gasteiger partial charge on any atom is 0.415 e. The van der Waals surface area contributed by atoms with Crippen molar-refractivity contribution in [3.8, 4) is 11.5 Å². The third-order valence-corrected chi connectivity index (χ3v) is 4.93. The van der Waals surface area contributed by atoms with Crippen LogP contribution in [0.25, 0.3) is 0 Å². The van der Waals surface area contributed by atoms with E-state index < -0.39 is 5.41 Å². The Morgan fingerprint density at radius 1 is 0.741 bits per heavy atom. The monoisotopic (exact) mass is 366 g/mol. The standard InChI is InChI=1S/C21H22N2O4/c1-21(2,15-7-3-5-9-17(15)26-19(24)22-11-12-22)16-8-4-6-10-18(16)27-20(25)23-13-14-23/h3-10H,11-14H2,1-2H3. The van der Waals surface area contributed by atoms with Gasteiger partial charge in [0.25, 0.3) is 0 Å². The van der Waals surface area contributed by atoms with Gasteiger partial charge in [0, 0.05) is 42.7 Å². The first-order valence-corrected chi connectivity index (χ1v) is 9.09. The number of hydrogen-bond acceptors (Lipinski definition) is 4. The van der Waals surface area contributed by atoms with Crippen LogP contribution in [-0.4, -0.2) is 48.2 Å². The molecule has 2 fully saturated rings. The van der Waals surface area contributed by atoms with Crippen molar-refractivity contribution in [1.29, 1.82) is 0 Å². The van der Waals surface area contributed by atoms with Crippen LogP contribution in [0.5, 0.6) is 11.5 Å². The number of rotatable bonds is 4. The lowest BCUT2D eigenvalue weighted by atomic mass is 9.77. The zero-order valence-electron chi connectivity index (χ0n) is 15.5. The lowest BCUT2D eigenvalue weighted by Crippen LogP contribution is -2.25. The van der Waals surface area contributed by atoms with Gasteiger partial charge >= 0.3 is 12.2 Å². The quantitative estimate of drug-likeness (QED) is 0.775. The highest BCUT2D eigenvalue weighted by molar-refractivity contribution is 5.75. The maximum atomic E-state index is 12.1. The number of para-hydroxylation sites is 2. The molecular weight excluding hydrogens is 344 g/mol. The van der Waals surface area contributed by atoms with Gasteiger partial charge in [-0.3, -0.25) is 0 Å². The molecule has 2 saturated heterocycles. The van der Waals surface area contributed by atoms with Crippen LogP contribution in [0, 0.1) is 0 Å². The van der Waals surface area contributed by atoms with Crippen LogP contribution < -0.4 is 9.47 Å². The van der Waals surface area contributed by atoms with Gasteiger partial charge in [-0.05, 0) is 12.1 Å². The smallest absolute Gasteiger partial charge is 0.410 e. The van der Waals surface area contributed by atoms with Crippen molar-refractivity contribution in [2.75, 3.05) is 26.2 Å². The summed E-state index contributed by atoms with van der Waals surface area (Å²) in [6.45, 7) is 7.00. The van der Waals surface area contributed by atoms with E-state index in [1.165, 1.54) is 0 Å². The highest BCUT2D eigenvalue weighted by atomic mass is 16.6. The molecule has 0 unspecified atom stereocenters. The normalized spacial score (nSPS) is 15.3. The van der Waals surface area contributed by atoms with Gasteiger partial charge in [0.05, 0.1) is 0 Å². The van der Waals surface area contributed by atoms with E-state index in [0.29, 0.717) is 11.5 Å². The Kier molecular flexibility index (Phi) is 4.26. The molecule has 2 aliphatic heterocycles. The topological polar surface area (TPSA) is 58.6 Å². The Bertz CT molecular complexity index is 814. The molecule has 0 atom stereocenters. The van der Waals surface area contributed by atoms with E-state index in [-0.39, 0.29) is 12.2 Å². The van der Waals surface area contributed by atoms with E-state index in [4.69, 9.17) is 9.47 Å². The highest BCUT2D eigenvalue weighted by Crippen LogP contribution is 2.41. The fourth-order valence-corrected chi connectivity index (χ4v) is 3.07. The minimum absolute atomic E-state index is 0.334. The molecule has 0 aromatic heterocycles. The molecule has 27 heavy (non-hydrogen) atoms. The van der Waals surface area contributed by atoms with E-state index >= 15 is 0 Å². The fraction of sp³-hybridized carbons (Fsp3) is 0.333. The van der Waals surface area contributed by atoms with Gasteiger partial charge < -0.3 is 19.3 Å². The van der Waals surface area contributed by atoms with Crippen molar-refractivity contribution in [2.45, 2.75) is 19.3 Å². The molecule has 2 heterocycles. The van der Waals surface area contributed by atoms with Gasteiger partial charge in [-0.15, -0.1) is 0 Å². The summed E-state index contributed by atoms with van der Waals surface area (Å²) < 4.78 is 11.2. The van der Waals surface area contributed by atoms with E-state index in [0.717, 1.165) is 37.3 Å². The summed E-state index contributed by atoms with van der Waals surface area (Å²) in [6.07, 6.45) is -0.668. The summed E-state index contributed by atoms with van der Waals surface area (Å²) in [5.41, 5.74) is 1.18. The molecule has 140 valence electrons. The number of ether oxygens (including phenoxy) is 2. The third-order valence-electron chi connectivity index (χ3n) is 4.93. The van der Waals surface area contributed by atoms with Crippen LogP contribution in [0.3, 0.4) is 0 Å². The molecule has 2 aliphatic rings. The van der Waals surface area contributed by atoms with Gasteiger partial charge in [-0.25, -0.2) is 9.59 Å². The van der Waals surface area contributed by atoms with E-state index in [1.54, 1.807) is 21.9 Å². The van der Waals surface area contributed by atoms with Crippen LogP contribution in [0.2, 0.25) is 0 Å². The van der Waals surface area contributed by atoms with Crippen LogP contribution >= 0.6 is 0 Å². The molecule has 6 nitrogen and oxygen atoms in total. The summed E-state index contributed by atoms with van der Waals surface area (Å²) in [5.74, 6) is 1.04. The average molecular weight is 366 g/mol. The molecule has 0 N–H and O–H groups in total. The van der Waals surface area contributed by atoms with Crippen LogP contribution in [0.4, 0.5) is 9.59 Å². The fourth-order valence-electron chi connectivity index (χ4n) is 3.07. The Morgan fingerprint density at radius 2 is 1.11 bits per heavy atom. The Labute approximate surface area is 158 Å². The summed E-state index contributed by atoms with van der Waals surface area (Å²) in [5, 5.41) is 0. The SMILES string of the molecule is CC(C)(c1ccccc1OC(=O)N1CC1)c1ccccc1OC(=O)N1CC1. The van der Waals surface area contributed by atoms with Crippen LogP contribution in [0.1, 0.15) is 25.0 Å². The number of amides is 2. The van der Waals surface area contributed by atoms with E-state index in [9.17, 15) is 9.59 Å². The maximum absolute atomic E-state index is 12.1. The highest BCUT2D eigenvalue weighted by Gasteiger charge is 2.34. The van der Waals surface area contributed by atoms with Crippen molar-refractivity contribution >= 4 is 12.2 Å². The van der Waals surface area contributed by atoms with Crippen molar-refractivity contribution < 1.29 is 19.1 Å². The molecule has 6 heteroatoms. The Hall–Kier alpha value is -3.02. The van der Waals surface area contributed by atoms with E-state index in [1.807, 2.05) is 50.2 Å². The second kappa shape index (κ2) is 6.61. The molecule has 0 spiro atoms. The lowest BCUT2D eigenvalue weighted by Gasteiger charge is -2.29. The second-order valence-electron chi connectivity index (χ2n) is 7.33. The first-order valence-electron chi connectivity index (χ1n) is 9.09. The summed E-state index contributed by atoms with van der Waals surface area (Å²) in [6, 6.07) is 15.0. The number of benzene rings is 2. The molecule has 0 aliphatic carbocycles. The molecule has 2 amide bonds. The predicted octanol–water partition coefficient (Wildman–Crippen LogP) is 3.64. The predicted molar refractivity (Wildman–Crippen MR) is 100 cm³/mol. The molecule has 0 radical (unpaired) electrons. The molecule has 0 saturated carbocycles. The summed E-state index contributed by atoms with van der Waals surface area (Å²) in [4.78, 5) is 27.5. The van der Waals surface area contributed by atoms with Crippen molar-refractivity contribution in [1.82, 2.24) is 9.80 Å². The van der Waals surface area contributed by atoms with Gasteiger partial charge in [-0.2, -0.15) is 0 Å². The molecule has 2 aromatic rings. The van der Waals surface area contributed by atoms with Crippen molar-refractivity contribution in [2.24, 2.45) is 0 Å². The van der Waals surface area contributed by atoms with Gasteiger partial charge in [-0.1, -0.05) is 50.2 Å². The average Bonchev–Trinajstić information content (AvgIpc) is 3.55. The van der Waals surface area contributed by atoms with Gasteiger partial charge in [0.15, 0.2) is 0 Å². The lowest BCUT2D eigenvalue weighted by molar-refractivity contribution is 0.185. The third kappa shape index (κ3) is 3.60. The molecule has 2 aromatic carbocycles. The van der Waals surface area contributed by atoms with E-state index in [2.05, 4.69) is 0 Å². The first kappa shape index (κ1) is 17.4. The minimum Gasteiger partial charge on any atom is -0.410 e. The zero-order chi connectivity index (χ0) is 19.0. The first-order chi connectivity index (χ1) is 13.0. The van der Waals surface area contributed by atoms with Crippen LogP contribution in [0.15, 0.2) is 48.5 Å². The summed E-state index contributed by atoms with van der Waals surface area (Å²) >= 11 is 0. The van der Waals surface area contributed by atoms with Gasteiger partial charge in [0.2, 0.25) is 0 Å². The minimum atomic E-state index is -0.536. The molecule has 4 rings (SSSR count). The molecular formula is C21H22N2O4. The van der Waals surface area contributed by atoms with Crippen molar-refractivity contribution in [3.05, 3.63) is 59.7 Å². The largest absolute Gasteiger partial charge is 0.415 e. The number of hydrogen-bond donors (Lipinski definition) is 0. The van der Waals surface area contributed by atoms with Crippen molar-refractivity contribution in [3.63, 3.8) is 0 Å². The second-order valence-corrected chi connectivity index (χ2v) is 7.33. The Morgan fingerprint density at radius 3 is 1.48 bits per heavy atom. The van der Waals surface area contributed by atoms with Gasteiger partial charge in [0.1, 0.15) is 11.5 Å². The number of carbonyl (C=O) groups is 2. The summed E-state index contributed by atoms with van der Waals surface area (Å²) in [7, 11) is 0. The zero-order valence-corrected chi connectivity index (χ0v) is 15.5. The number of nitrogens with zero attached hydrogens (tertiary/aromatic N) is 2. The van der Waals surface area contributed by atoms with Crippen LogP contribution in [-0.2, 0) is 5.41 Å². The Balaban J connectivity index is 1.67.